The average molecular weight is 207 g/mol. The number of aliphatic imine (C=N–C) groups is 1. The smallest absolute Gasteiger partial charge is 0.319 e. The lowest BCUT2D eigenvalue weighted by Crippen LogP contribution is -2.27. The van der Waals surface area contributed by atoms with Crippen LogP contribution in [0, 0.1) is 11.7 Å². The van der Waals surface area contributed by atoms with Crippen molar-refractivity contribution in [2.24, 2.45) is 10.9 Å². The minimum Gasteiger partial charge on any atom is -0.480 e. The third kappa shape index (κ3) is 1.52. The predicted molar refractivity (Wildman–Crippen MR) is 50.0 cm³/mol. The Balaban J connectivity index is 2.53. The summed E-state index contributed by atoms with van der Waals surface area (Å²) in [6.45, 7) is 0. The predicted octanol–water partition coefficient (Wildman–Crippen LogP) is 1.43. The fourth-order valence-corrected chi connectivity index (χ4v) is 1.38. The summed E-state index contributed by atoms with van der Waals surface area (Å²) in [5, 5.41) is 8.70. The number of hydrogen-bond donors (Lipinski definition) is 1. The van der Waals surface area contributed by atoms with Crippen molar-refractivity contribution in [1.82, 2.24) is 0 Å². The summed E-state index contributed by atoms with van der Waals surface area (Å²) in [4.78, 5) is 26.0. The second-order valence-corrected chi connectivity index (χ2v) is 3.12. The summed E-state index contributed by atoms with van der Waals surface area (Å²) in [6.07, 6.45) is 1.06. The van der Waals surface area contributed by atoms with E-state index in [1.807, 2.05) is 0 Å². The van der Waals surface area contributed by atoms with Gasteiger partial charge >= 0.3 is 5.97 Å². The molecule has 0 spiro atoms. The van der Waals surface area contributed by atoms with Crippen LogP contribution in [0.25, 0.3) is 0 Å². The summed E-state index contributed by atoms with van der Waals surface area (Å²) in [5.74, 6) is -3.80. The van der Waals surface area contributed by atoms with Gasteiger partial charge in [-0.3, -0.25) is 14.6 Å². The molecule has 1 N–H and O–H groups in total. The Morgan fingerprint density at radius 3 is 2.87 bits per heavy atom. The molecule has 2 rings (SSSR count). The maximum atomic E-state index is 12.8. The van der Waals surface area contributed by atoms with Crippen molar-refractivity contribution in [3.8, 4) is 0 Å². The maximum absolute atomic E-state index is 12.8. The van der Waals surface area contributed by atoms with E-state index in [0.29, 0.717) is 5.69 Å². The molecule has 0 saturated carbocycles. The van der Waals surface area contributed by atoms with E-state index in [4.69, 9.17) is 5.11 Å². The van der Waals surface area contributed by atoms with Gasteiger partial charge in [-0.2, -0.15) is 0 Å². The van der Waals surface area contributed by atoms with Crippen molar-refractivity contribution in [1.29, 1.82) is 0 Å². The van der Waals surface area contributed by atoms with Crippen LogP contribution in [0.1, 0.15) is 10.4 Å². The highest BCUT2D eigenvalue weighted by atomic mass is 19.1. The third-order valence-corrected chi connectivity index (χ3v) is 2.14. The molecule has 0 saturated heterocycles. The molecule has 0 radical (unpaired) electrons. The van der Waals surface area contributed by atoms with Gasteiger partial charge < -0.3 is 5.11 Å². The molecule has 1 aliphatic heterocycles. The van der Waals surface area contributed by atoms with Crippen molar-refractivity contribution in [2.75, 3.05) is 0 Å². The number of halogens is 1. The largest absolute Gasteiger partial charge is 0.480 e. The van der Waals surface area contributed by atoms with Gasteiger partial charge in [0.05, 0.1) is 5.69 Å². The second-order valence-electron chi connectivity index (χ2n) is 3.12. The van der Waals surface area contributed by atoms with Gasteiger partial charge in [0.15, 0.2) is 11.7 Å². The lowest BCUT2D eigenvalue weighted by molar-refractivity contribution is -0.137. The quantitative estimate of drug-likeness (QED) is 0.708. The van der Waals surface area contributed by atoms with E-state index >= 15 is 0 Å². The van der Waals surface area contributed by atoms with Gasteiger partial charge in [-0.05, 0) is 18.2 Å². The van der Waals surface area contributed by atoms with Crippen molar-refractivity contribution in [2.45, 2.75) is 0 Å². The fraction of sp³-hybridized carbons (Fsp3) is 0.100. The van der Waals surface area contributed by atoms with E-state index in [0.717, 1.165) is 12.3 Å². The van der Waals surface area contributed by atoms with E-state index < -0.39 is 23.5 Å². The summed E-state index contributed by atoms with van der Waals surface area (Å²) in [6, 6.07) is 3.52. The Labute approximate surface area is 84.1 Å². The third-order valence-electron chi connectivity index (χ3n) is 2.14. The van der Waals surface area contributed by atoms with Crippen LogP contribution in [0.15, 0.2) is 23.2 Å². The van der Waals surface area contributed by atoms with Crippen molar-refractivity contribution in [3.05, 3.63) is 29.6 Å². The van der Waals surface area contributed by atoms with E-state index in [-0.39, 0.29) is 5.56 Å². The van der Waals surface area contributed by atoms with Crippen LogP contribution in [-0.2, 0) is 4.79 Å². The highest BCUT2D eigenvalue weighted by molar-refractivity contribution is 6.21. The molecule has 15 heavy (non-hydrogen) atoms. The Bertz CT molecular complexity index is 482. The van der Waals surface area contributed by atoms with Crippen LogP contribution >= 0.6 is 0 Å². The number of nitrogens with zero attached hydrogens (tertiary/aromatic N) is 1. The van der Waals surface area contributed by atoms with Gasteiger partial charge in [0.2, 0.25) is 0 Å². The number of benzene rings is 1. The molecule has 0 bridgehead atoms. The Morgan fingerprint density at radius 2 is 2.20 bits per heavy atom. The van der Waals surface area contributed by atoms with Crippen LogP contribution in [0.4, 0.5) is 10.1 Å². The van der Waals surface area contributed by atoms with Gasteiger partial charge in [0.1, 0.15) is 5.82 Å². The first-order chi connectivity index (χ1) is 7.09. The van der Waals surface area contributed by atoms with Crippen LogP contribution in [-0.4, -0.2) is 23.1 Å². The summed E-state index contributed by atoms with van der Waals surface area (Å²) in [5.41, 5.74) is 0.323. The maximum Gasteiger partial charge on any atom is 0.319 e. The Kier molecular flexibility index (Phi) is 2.07. The monoisotopic (exact) mass is 207 g/mol. The van der Waals surface area contributed by atoms with Gasteiger partial charge in [-0.25, -0.2) is 4.39 Å². The number of hydrogen-bond acceptors (Lipinski definition) is 3. The number of aliphatic carboxylic acids is 1. The van der Waals surface area contributed by atoms with Crippen LogP contribution in [0.2, 0.25) is 0 Å². The van der Waals surface area contributed by atoms with E-state index in [1.54, 1.807) is 0 Å². The molecular formula is C10H6FNO3. The first-order valence-electron chi connectivity index (χ1n) is 4.20. The molecule has 0 amide bonds. The van der Waals surface area contributed by atoms with Crippen molar-refractivity contribution >= 4 is 23.7 Å². The minimum absolute atomic E-state index is 0.0184. The average Bonchev–Trinajstić information content (AvgIpc) is 2.19. The second kappa shape index (κ2) is 3.27. The summed E-state index contributed by atoms with van der Waals surface area (Å²) in [7, 11) is 0. The normalized spacial score (nSPS) is 18.7. The highest BCUT2D eigenvalue weighted by Crippen LogP contribution is 2.26. The molecule has 1 aliphatic rings. The fourth-order valence-electron chi connectivity index (χ4n) is 1.38. The van der Waals surface area contributed by atoms with Gasteiger partial charge in [-0.1, -0.05) is 0 Å². The van der Waals surface area contributed by atoms with Crippen LogP contribution in [0.3, 0.4) is 0 Å². The molecule has 0 aromatic heterocycles. The zero-order valence-corrected chi connectivity index (χ0v) is 7.48. The molecule has 1 heterocycles. The Morgan fingerprint density at radius 1 is 1.47 bits per heavy atom. The summed E-state index contributed by atoms with van der Waals surface area (Å²) >= 11 is 0. The van der Waals surface area contributed by atoms with Crippen LogP contribution in [0.5, 0.6) is 0 Å². The van der Waals surface area contributed by atoms with Gasteiger partial charge in [0, 0.05) is 11.8 Å². The summed E-state index contributed by atoms with van der Waals surface area (Å²) < 4.78 is 12.8. The molecule has 1 aromatic rings. The molecule has 76 valence electrons. The minimum atomic E-state index is -1.31. The first kappa shape index (κ1) is 9.51. The zero-order valence-electron chi connectivity index (χ0n) is 7.48. The number of carboxylic acid groups (broad SMARTS) is 1. The van der Waals surface area contributed by atoms with Gasteiger partial charge in [-0.15, -0.1) is 0 Å². The molecule has 0 aliphatic carbocycles. The molecule has 1 unspecified atom stereocenters. The number of carbonyl (C=O) groups is 2. The number of rotatable bonds is 1. The lowest BCUT2D eigenvalue weighted by atomic mass is 9.95. The highest BCUT2D eigenvalue weighted by Gasteiger charge is 2.30. The van der Waals surface area contributed by atoms with E-state index in [9.17, 15) is 14.0 Å². The molecule has 0 fully saturated rings. The van der Waals surface area contributed by atoms with Crippen molar-refractivity contribution < 1.29 is 19.1 Å². The standard InChI is InChI=1S/C10H6FNO3/c11-5-1-2-8-6(3-5)9(13)7(4-12-8)10(14)15/h1-4,7H,(H,14,15). The topological polar surface area (TPSA) is 66.7 Å². The van der Waals surface area contributed by atoms with E-state index in [2.05, 4.69) is 4.99 Å². The van der Waals surface area contributed by atoms with E-state index in [1.165, 1.54) is 12.1 Å². The zero-order chi connectivity index (χ0) is 11.0. The number of carboxylic acids is 1. The number of ketones is 1. The SMILES string of the molecule is O=C(O)C1C=Nc2ccc(F)cc2C1=O. The molecule has 4 nitrogen and oxygen atoms in total. The Hall–Kier alpha value is -2.04. The molecule has 1 aromatic carbocycles. The number of Topliss-reactive ketones (excluding diaryl/α,β-unsaturated/α-hetero) is 1. The number of fused-ring (bicyclic) bond motifs is 1. The van der Waals surface area contributed by atoms with Crippen molar-refractivity contribution in [3.63, 3.8) is 0 Å². The van der Waals surface area contributed by atoms with Crippen LogP contribution < -0.4 is 0 Å². The number of carbonyl (C=O) groups excluding carboxylic acids is 1. The molecule has 5 heteroatoms. The molecule has 1 atom stereocenters. The first-order valence-corrected chi connectivity index (χ1v) is 4.20. The molecular weight excluding hydrogens is 201 g/mol. The van der Waals surface area contributed by atoms with Gasteiger partial charge in [0.25, 0.3) is 0 Å². The lowest BCUT2D eigenvalue weighted by Gasteiger charge is -2.13.